The third-order valence-corrected chi connectivity index (χ3v) is 5.23. The molecule has 2 aromatic heterocycles. The highest BCUT2D eigenvalue weighted by atomic mass is 15.1. The Morgan fingerprint density at radius 1 is 1.11 bits per heavy atom. The van der Waals surface area contributed by atoms with Crippen molar-refractivity contribution < 1.29 is 0 Å². The van der Waals surface area contributed by atoms with E-state index in [-0.39, 0.29) is 0 Å². The second kappa shape index (κ2) is 6.90. The molecule has 2 heterocycles. The van der Waals surface area contributed by atoms with Crippen LogP contribution in [0.2, 0.25) is 0 Å². The van der Waals surface area contributed by atoms with Crippen molar-refractivity contribution in [2.24, 2.45) is 0 Å². The number of nitrogens with zero attached hydrogens (tertiary/aromatic N) is 4. The first-order valence-corrected chi connectivity index (χ1v) is 9.42. The number of imidazole rings is 1. The van der Waals surface area contributed by atoms with Gasteiger partial charge in [0.2, 0.25) is 0 Å². The number of hydrogen-bond acceptors (Lipinski definition) is 4. The van der Waals surface area contributed by atoms with Gasteiger partial charge in [-0.1, -0.05) is 19.1 Å². The molecule has 0 spiro atoms. The second-order valence-electron chi connectivity index (χ2n) is 7.12. The fraction of sp³-hybridized carbons (Fsp3) is 0.217. The van der Waals surface area contributed by atoms with E-state index in [1.165, 1.54) is 0 Å². The Balaban J connectivity index is 1.99. The van der Waals surface area contributed by atoms with E-state index < -0.39 is 0 Å². The maximum Gasteiger partial charge on any atom is 0.157 e. The van der Waals surface area contributed by atoms with Crippen molar-refractivity contribution in [3.63, 3.8) is 0 Å². The van der Waals surface area contributed by atoms with Gasteiger partial charge >= 0.3 is 0 Å². The molecule has 0 aliphatic carbocycles. The molecule has 0 fully saturated rings. The van der Waals surface area contributed by atoms with E-state index in [0.717, 1.165) is 45.8 Å². The molecule has 0 radical (unpaired) electrons. The van der Waals surface area contributed by atoms with Crippen molar-refractivity contribution in [3.8, 4) is 6.07 Å². The zero-order chi connectivity index (χ0) is 19.8. The molecule has 4 rings (SSSR count). The van der Waals surface area contributed by atoms with Gasteiger partial charge in [-0.25, -0.2) is 4.98 Å². The molecular formula is C23H23N5. The quantitative estimate of drug-likeness (QED) is 0.547. The van der Waals surface area contributed by atoms with Crippen LogP contribution in [-0.2, 0) is 6.42 Å². The van der Waals surface area contributed by atoms with Crippen LogP contribution in [0.15, 0.2) is 48.5 Å². The summed E-state index contributed by atoms with van der Waals surface area (Å²) >= 11 is 0. The highest BCUT2D eigenvalue weighted by molar-refractivity contribution is 5.87. The fourth-order valence-electron chi connectivity index (χ4n) is 3.73. The van der Waals surface area contributed by atoms with Crippen LogP contribution in [-0.4, -0.2) is 23.5 Å². The largest absolute Gasteiger partial charge is 0.378 e. The molecule has 0 amide bonds. The van der Waals surface area contributed by atoms with Crippen LogP contribution < -0.4 is 10.2 Å². The predicted molar refractivity (Wildman–Crippen MR) is 116 cm³/mol. The SMILES string of the molecule is CCc1c(C)c(C#N)c2nc3ccccc3n2c1Nc1ccc(N(C)C)cc1. The third-order valence-electron chi connectivity index (χ3n) is 5.23. The molecule has 1 N–H and O–H groups in total. The maximum absolute atomic E-state index is 9.80. The number of hydrogen-bond donors (Lipinski definition) is 1. The standard InChI is InChI=1S/C23H23N5/c1-5-18-15(2)19(14-24)23-26-20-8-6-7-9-21(20)28(23)22(18)25-16-10-12-17(13-11-16)27(3)4/h6-13,25H,5H2,1-4H3. The lowest BCUT2D eigenvalue weighted by Crippen LogP contribution is -2.09. The summed E-state index contributed by atoms with van der Waals surface area (Å²) in [5.74, 6) is 0.973. The van der Waals surface area contributed by atoms with Crippen molar-refractivity contribution >= 4 is 33.9 Å². The van der Waals surface area contributed by atoms with Gasteiger partial charge in [0.1, 0.15) is 11.9 Å². The molecular weight excluding hydrogens is 346 g/mol. The monoisotopic (exact) mass is 369 g/mol. The summed E-state index contributed by atoms with van der Waals surface area (Å²) in [6, 6.07) is 18.7. The Hall–Kier alpha value is -3.52. The van der Waals surface area contributed by atoms with Crippen molar-refractivity contribution in [3.05, 3.63) is 65.2 Å². The number of aromatic nitrogens is 2. The van der Waals surface area contributed by atoms with E-state index in [0.29, 0.717) is 11.2 Å². The molecule has 140 valence electrons. The highest BCUT2D eigenvalue weighted by Crippen LogP contribution is 2.33. The first-order chi connectivity index (χ1) is 13.5. The maximum atomic E-state index is 9.80. The predicted octanol–water partition coefficient (Wildman–Crippen LogP) is 5.04. The number of anilines is 3. The smallest absolute Gasteiger partial charge is 0.157 e. The van der Waals surface area contributed by atoms with E-state index in [4.69, 9.17) is 4.98 Å². The number of nitriles is 1. The van der Waals surface area contributed by atoms with Crippen molar-refractivity contribution in [1.82, 2.24) is 9.38 Å². The molecule has 5 nitrogen and oxygen atoms in total. The molecule has 28 heavy (non-hydrogen) atoms. The first kappa shape index (κ1) is 17.9. The van der Waals surface area contributed by atoms with Gasteiger partial charge in [0, 0.05) is 25.5 Å². The Bertz CT molecular complexity index is 1210. The number of fused-ring (bicyclic) bond motifs is 3. The minimum atomic E-state index is 0.640. The lowest BCUT2D eigenvalue weighted by molar-refractivity contribution is 1.05. The first-order valence-electron chi connectivity index (χ1n) is 9.42. The molecule has 0 saturated carbocycles. The lowest BCUT2D eigenvalue weighted by Gasteiger charge is -2.19. The number of pyridine rings is 1. The molecule has 0 unspecified atom stereocenters. The highest BCUT2D eigenvalue weighted by Gasteiger charge is 2.19. The summed E-state index contributed by atoms with van der Waals surface area (Å²) < 4.78 is 2.08. The lowest BCUT2D eigenvalue weighted by atomic mass is 10.0. The van der Waals surface area contributed by atoms with Gasteiger partial charge in [-0.2, -0.15) is 5.26 Å². The second-order valence-corrected chi connectivity index (χ2v) is 7.12. The van der Waals surface area contributed by atoms with Crippen molar-refractivity contribution in [2.45, 2.75) is 20.3 Å². The fourth-order valence-corrected chi connectivity index (χ4v) is 3.73. The number of benzene rings is 2. The number of para-hydroxylation sites is 2. The van der Waals surface area contributed by atoms with E-state index >= 15 is 0 Å². The van der Waals surface area contributed by atoms with Crippen LogP contribution in [0.4, 0.5) is 17.2 Å². The van der Waals surface area contributed by atoms with Crippen molar-refractivity contribution in [2.75, 3.05) is 24.3 Å². The van der Waals surface area contributed by atoms with Gasteiger partial charge < -0.3 is 10.2 Å². The summed E-state index contributed by atoms with van der Waals surface area (Å²) in [6.45, 7) is 4.13. The molecule has 4 aromatic rings. The molecule has 0 aliphatic rings. The topological polar surface area (TPSA) is 56.4 Å². The summed E-state index contributed by atoms with van der Waals surface area (Å²) in [5.41, 5.74) is 7.49. The third kappa shape index (κ3) is 2.74. The Labute approximate surface area is 164 Å². The van der Waals surface area contributed by atoms with Crippen molar-refractivity contribution in [1.29, 1.82) is 5.26 Å². The average Bonchev–Trinajstić information content (AvgIpc) is 3.08. The Morgan fingerprint density at radius 3 is 2.46 bits per heavy atom. The van der Waals surface area contributed by atoms with Gasteiger partial charge in [0.05, 0.1) is 16.6 Å². The average molecular weight is 369 g/mol. The van der Waals surface area contributed by atoms with E-state index in [1.54, 1.807) is 0 Å². The van der Waals surface area contributed by atoms with E-state index in [2.05, 4.69) is 51.9 Å². The Kier molecular flexibility index (Phi) is 4.40. The van der Waals surface area contributed by atoms with Crippen LogP contribution in [0.1, 0.15) is 23.6 Å². The molecule has 2 aromatic carbocycles. The minimum Gasteiger partial charge on any atom is -0.378 e. The molecule has 0 aliphatic heterocycles. The van der Waals surface area contributed by atoms with Crippen LogP contribution in [0.5, 0.6) is 0 Å². The molecule has 0 saturated heterocycles. The molecule has 0 bridgehead atoms. The Morgan fingerprint density at radius 2 is 1.82 bits per heavy atom. The summed E-state index contributed by atoms with van der Waals surface area (Å²) in [4.78, 5) is 6.83. The van der Waals surface area contributed by atoms with Gasteiger partial charge in [-0.3, -0.25) is 4.40 Å². The van der Waals surface area contributed by atoms with Gasteiger partial charge in [0.25, 0.3) is 0 Å². The van der Waals surface area contributed by atoms with Crippen LogP contribution in [0, 0.1) is 18.3 Å². The zero-order valence-corrected chi connectivity index (χ0v) is 16.6. The van der Waals surface area contributed by atoms with E-state index in [9.17, 15) is 5.26 Å². The summed E-state index contributed by atoms with van der Waals surface area (Å²) in [5, 5.41) is 13.4. The summed E-state index contributed by atoms with van der Waals surface area (Å²) in [7, 11) is 4.06. The van der Waals surface area contributed by atoms with Crippen LogP contribution in [0.3, 0.4) is 0 Å². The van der Waals surface area contributed by atoms with Crippen LogP contribution >= 0.6 is 0 Å². The molecule has 0 atom stereocenters. The van der Waals surface area contributed by atoms with Crippen LogP contribution in [0.25, 0.3) is 16.7 Å². The van der Waals surface area contributed by atoms with E-state index in [1.807, 2.05) is 45.3 Å². The summed E-state index contributed by atoms with van der Waals surface area (Å²) in [6.07, 6.45) is 0.821. The molecule has 5 heteroatoms. The minimum absolute atomic E-state index is 0.640. The van der Waals surface area contributed by atoms with Gasteiger partial charge in [-0.05, 0) is 60.9 Å². The van der Waals surface area contributed by atoms with Gasteiger partial charge in [0.15, 0.2) is 5.65 Å². The normalized spacial score (nSPS) is 11.0. The zero-order valence-electron chi connectivity index (χ0n) is 16.6. The number of rotatable bonds is 4. The van der Waals surface area contributed by atoms with Gasteiger partial charge in [-0.15, -0.1) is 0 Å². The number of nitrogens with one attached hydrogen (secondary N) is 1.